The maximum atomic E-state index is 11.9. The van der Waals surface area contributed by atoms with Crippen LogP contribution in [-0.2, 0) is 10.0 Å². The van der Waals surface area contributed by atoms with Crippen molar-refractivity contribution in [3.63, 3.8) is 0 Å². The van der Waals surface area contributed by atoms with Gasteiger partial charge in [-0.05, 0) is 30.3 Å². The zero-order valence-corrected chi connectivity index (χ0v) is 9.24. The van der Waals surface area contributed by atoms with Crippen LogP contribution in [0.4, 0.5) is 5.69 Å². The fraction of sp³-hybridized carbons (Fsp3) is 0. The Morgan fingerprint density at radius 2 is 1.56 bits per heavy atom. The molecule has 2 aromatic rings. The fourth-order valence-corrected chi connectivity index (χ4v) is 2.35. The molecule has 1 radical (unpaired) electrons. The second-order valence-electron chi connectivity index (χ2n) is 3.21. The van der Waals surface area contributed by atoms with Gasteiger partial charge in [0.1, 0.15) is 0 Å². The molecule has 0 fully saturated rings. The average molecular weight is 232 g/mol. The smallest absolute Gasteiger partial charge is 0.261 e. The Hall–Kier alpha value is -1.81. The van der Waals surface area contributed by atoms with Crippen molar-refractivity contribution >= 4 is 15.7 Å². The van der Waals surface area contributed by atoms with E-state index in [4.69, 9.17) is 0 Å². The lowest BCUT2D eigenvalue weighted by molar-refractivity contribution is 0.601. The van der Waals surface area contributed by atoms with Crippen molar-refractivity contribution < 1.29 is 8.42 Å². The standard InChI is InChI=1S/C12H10NO2S/c14-16(15,12-9-5-2-6-10-12)13-11-7-3-1-4-8-11/h2-10,13H. The van der Waals surface area contributed by atoms with Crippen LogP contribution in [0.2, 0.25) is 0 Å². The third kappa shape index (κ3) is 2.41. The molecular weight excluding hydrogens is 222 g/mol. The van der Waals surface area contributed by atoms with Crippen molar-refractivity contribution in [3.8, 4) is 0 Å². The molecule has 2 rings (SSSR count). The summed E-state index contributed by atoms with van der Waals surface area (Å²) in [5.74, 6) is 0. The molecule has 16 heavy (non-hydrogen) atoms. The van der Waals surface area contributed by atoms with Gasteiger partial charge in [0.05, 0.1) is 4.90 Å². The van der Waals surface area contributed by atoms with Crippen LogP contribution in [-0.4, -0.2) is 8.42 Å². The Labute approximate surface area is 94.8 Å². The fourth-order valence-electron chi connectivity index (χ4n) is 1.27. The van der Waals surface area contributed by atoms with E-state index in [1.54, 1.807) is 54.6 Å². The molecule has 0 unspecified atom stereocenters. The highest BCUT2D eigenvalue weighted by molar-refractivity contribution is 7.92. The maximum Gasteiger partial charge on any atom is 0.261 e. The summed E-state index contributed by atoms with van der Waals surface area (Å²) in [6.45, 7) is 0. The topological polar surface area (TPSA) is 46.2 Å². The van der Waals surface area contributed by atoms with Crippen LogP contribution < -0.4 is 4.72 Å². The van der Waals surface area contributed by atoms with Gasteiger partial charge in [-0.15, -0.1) is 0 Å². The molecule has 4 heteroatoms. The van der Waals surface area contributed by atoms with E-state index < -0.39 is 10.0 Å². The number of hydrogen-bond donors (Lipinski definition) is 1. The minimum atomic E-state index is -3.48. The van der Waals surface area contributed by atoms with E-state index in [0.717, 1.165) is 0 Å². The molecule has 0 saturated heterocycles. The van der Waals surface area contributed by atoms with Gasteiger partial charge in [-0.2, -0.15) is 0 Å². The van der Waals surface area contributed by atoms with E-state index in [1.807, 2.05) is 0 Å². The van der Waals surface area contributed by atoms with Gasteiger partial charge in [0.15, 0.2) is 0 Å². The van der Waals surface area contributed by atoms with Crippen LogP contribution >= 0.6 is 0 Å². The zero-order chi connectivity index (χ0) is 11.4. The molecule has 0 atom stereocenters. The lowest BCUT2D eigenvalue weighted by atomic mass is 10.3. The third-order valence-corrected chi connectivity index (χ3v) is 3.42. The average Bonchev–Trinajstić information content (AvgIpc) is 2.31. The second-order valence-corrected chi connectivity index (χ2v) is 4.89. The summed E-state index contributed by atoms with van der Waals surface area (Å²) in [6.07, 6.45) is 0. The van der Waals surface area contributed by atoms with E-state index in [-0.39, 0.29) is 4.90 Å². The van der Waals surface area contributed by atoms with E-state index in [2.05, 4.69) is 10.8 Å². The SMILES string of the molecule is O=S(=O)(Nc1cc[c]cc1)c1ccccc1. The van der Waals surface area contributed by atoms with Crippen molar-refractivity contribution in [2.45, 2.75) is 4.90 Å². The molecule has 0 spiro atoms. The summed E-state index contributed by atoms with van der Waals surface area (Å²) < 4.78 is 26.2. The van der Waals surface area contributed by atoms with Crippen LogP contribution in [0.1, 0.15) is 0 Å². The highest BCUT2D eigenvalue weighted by Gasteiger charge is 2.12. The molecule has 0 aliphatic heterocycles. The number of sulfonamides is 1. The molecule has 0 aromatic heterocycles. The Bertz CT molecular complexity index is 550. The first-order chi connectivity index (χ1) is 7.68. The summed E-state index contributed by atoms with van der Waals surface area (Å²) in [4.78, 5) is 0.253. The van der Waals surface area contributed by atoms with Gasteiger partial charge in [0.25, 0.3) is 10.0 Å². The summed E-state index contributed by atoms with van der Waals surface area (Å²) in [5.41, 5.74) is 0.530. The van der Waals surface area contributed by atoms with Crippen LogP contribution in [0.3, 0.4) is 0 Å². The Kier molecular flexibility index (Phi) is 2.92. The summed E-state index contributed by atoms with van der Waals surface area (Å²) in [5, 5.41) is 0. The monoisotopic (exact) mass is 232 g/mol. The van der Waals surface area contributed by atoms with Crippen molar-refractivity contribution in [3.05, 3.63) is 60.7 Å². The first kappa shape index (κ1) is 10.7. The first-order valence-electron chi connectivity index (χ1n) is 4.72. The van der Waals surface area contributed by atoms with E-state index >= 15 is 0 Å². The molecule has 0 aliphatic rings. The van der Waals surface area contributed by atoms with Crippen molar-refractivity contribution in [2.75, 3.05) is 4.72 Å². The van der Waals surface area contributed by atoms with E-state index in [1.165, 1.54) is 0 Å². The summed E-state index contributed by atoms with van der Waals surface area (Å²) in [6, 6.07) is 17.7. The van der Waals surface area contributed by atoms with Gasteiger partial charge < -0.3 is 0 Å². The van der Waals surface area contributed by atoms with Gasteiger partial charge in [0.2, 0.25) is 0 Å². The van der Waals surface area contributed by atoms with E-state index in [9.17, 15) is 8.42 Å². The van der Waals surface area contributed by atoms with Gasteiger partial charge in [-0.1, -0.05) is 30.3 Å². The van der Waals surface area contributed by atoms with Crippen LogP contribution in [0, 0.1) is 6.07 Å². The largest absolute Gasteiger partial charge is 0.280 e. The number of hydrogen-bond acceptors (Lipinski definition) is 2. The molecule has 0 amide bonds. The van der Waals surface area contributed by atoms with Crippen LogP contribution in [0.5, 0.6) is 0 Å². The number of benzene rings is 2. The van der Waals surface area contributed by atoms with Crippen molar-refractivity contribution in [1.29, 1.82) is 0 Å². The molecule has 0 heterocycles. The predicted molar refractivity (Wildman–Crippen MR) is 62.5 cm³/mol. The molecule has 0 saturated carbocycles. The lowest BCUT2D eigenvalue weighted by Crippen LogP contribution is -2.12. The number of nitrogens with one attached hydrogen (secondary N) is 1. The quantitative estimate of drug-likeness (QED) is 0.882. The number of rotatable bonds is 3. The number of anilines is 1. The third-order valence-electron chi connectivity index (χ3n) is 2.02. The Balaban J connectivity index is 2.29. The van der Waals surface area contributed by atoms with E-state index in [0.29, 0.717) is 5.69 Å². The minimum absolute atomic E-state index is 0.253. The van der Waals surface area contributed by atoms with Crippen molar-refractivity contribution in [1.82, 2.24) is 0 Å². The molecule has 81 valence electrons. The Morgan fingerprint density at radius 1 is 0.938 bits per heavy atom. The molecule has 0 bridgehead atoms. The molecular formula is C12H10NO2S. The van der Waals surface area contributed by atoms with Crippen LogP contribution in [0.15, 0.2) is 59.5 Å². The van der Waals surface area contributed by atoms with Crippen LogP contribution in [0.25, 0.3) is 0 Å². The van der Waals surface area contributed by atoms with Gasteiger partial charge in [-0.25, -0.2) is 8.42 Å². The molecule has 2 aromatic carbocycles. The lowest BCUT2D eigenvalue weighted by Gasteiger charge is -2.07. The van der Waals surface area contributed by atoms with Gasteiger partial charge >= 0.3 is 0 Å². The summed E-state index contributed by atoms with van der Waals surface area (Å²) >= 11 is 0. The first-order valence-corrected chi connectivity index (χ1v) is 6.21. The second kappa shape index (κ2) is 4.37. The predicted octanol–water partition coefficient (Wildman–Crippen LogP) is 2.29. The van der Waals surface area contributed by atoms with Gasteiger partial charge in [-0.3, -0.25) is 4.72 Å². The zero-order valence-electron chi connectivity index (χ0n) is 8.42. The molecule has 0 aliphatic carbocycles. The maximum absolute atomic E-state index is 11.9. The van der Waals surface area contributed by atoms with Gasteiger partial charge in [0, 0.05) is 5.69 Å². The molecule has 3 nitrogen and oxygen atoms in total. The highest BCUT2D eigenvalue weighted by atomic mass is 32.2. The Morgan fingerprint density at radius 3 is 2.19 bits per heavy atom. The molecule has 1 N–H and O–H groups in total. The minimum Gasteiger partial charge on any atom is -0.280 e. The normalized spacial score (nSPS) is 11.0. The van der Waals surface area contributed by atoms with Crippen molar-refractivity contribution in [2.24, 2.45) is 0 Å². The highest BCUT2D eigenvalue weighted by Crippen LogP contribution is 2.14. The summed E-state index contributed by atoms with van der Waals surface area (Å²) in [7, 11) is -3.48.